The van der Waals surface area contributed by atoms with Crippen molar-refractivity contribution in [2.24, 2.45) is 20.5 Å². The van der Waals surface area contributed by atoms with Crippen molar-refractivity contribution >= 4 is 91.3 Å². The summed E-state index contributed by atoms with van der Waals surface area (Å²) in [5, 5.41) is 69.0. The van der Waals surface area contributed by atoms with E-state index >= 15 is 0 Å². The molecule has 4 N–H and O–H groups in total. The minimum Gasteiger partial charge on any atom is -0.506 e. The highest BCUT2D eigenvalue weighted by Gasteiger charge is 2.22. The lowest BCUT2D eigenvalue weighted by Gasteiger charge is -2.16. The first-order valence-electron chi connectivity index (χ1n) is 17.3. The van der Waals surface area contributed by atoms with Crippen LogP contribution in [-0.2, 0) is 0 Å². The maximum absolute atomic E-state index is 11.6. The molecule has 1 aliphatic rings. The van der Waals surface area contributed by atoms with Crippen molar-refractivity contribution < 1.29 is 20.4 Å². The minimum atomic E-state index is -0.0315. The van der Waals surface area contributed by atoms with Crippen LogP contribution in [0.1, 0.15) is 0 Å². The molecule has 1 heterocycles. The lowest BCUT2D eigenvalue weighted by atomic mass is 10.1. The molecule has 0 radical (unpaired) electrons. The van der Waals surface area contributed by atoms with Crippen LogP contribution < -0.4 is 0 Å². The van der Waals surface area contributed by atoms with Gasteiger partial charge < -0.3 is 20.4 Å². The number of rotatable bonds is 4. The molecule has 0 aliphatic carbocycles. The van der Waals surface area contributed by atoms with E-state index in [0.29, 0.717) is 61.9 Å². The van der Waals surface area contributed by atoms with Crippen molar-refractivity contribution in [1.82, 2.24) is 0 Å². The minimum absolute atomic E-state index is 0.0222. The Hall–Kier alpha value is -5.92. The summed E-state index contributed by atoms with van der Waals surface area (Å²) in [4.78, 5) is 3.62. The van der Waals surface area contributed by atoms with Gasteiger partial charge in [0.1, 0.15) is 23.0 Å². The van der Waals surface area contributed by atoms with Gasteiger partial charge in [0.05, 0.1) is 61.9 Å². The predicted molar refractivity (Wildman–Crippen MR) is 225 cm³/mol. The second-order valence-corrected chi connectivity index (χ2v) is 17.0. The zero-order valence-corrected chi connectivity index (χ0v) is 32.3. The summed E-state index contributed by atoms with van der Waals surface area (Å²) >= 11 is 4.68. The second-order valence-electron chi connectivity index (χ2n) is 12.7. The van der Waals surface area contributed by atoms with Crippen molar-refractivity contribution in [1.29, 1.82) is 0 Å². The summed E-state index contributed by atoms with van der Waals surface area (Å²) in [5.74, 6) is -0.107. The van der Waals surface area contributed by atoms with Crippen LogP contribution in [0.2, 0.25) is 0 Å². The van der Waals surface area contributed by atoms with Gasteiger partial charge in [0.25, 0.3) is 0 Å². The first-order valence-corrected chi connectivity index (χ1v) is 20.5. The zero-order chi connectivity index (χ0) is 38.2. The molecule has 9 rings (SSSR count). The van der Waals surface area contributed by atoms with Gasteiger partial charge in [0.15, 0.2) is 0 Å². The molecule has 12 heteroatoms. The second kappa shape index (κ2) is 15.3. The maximum Gasteiger partial charge on any atom is 0.143 e. The number of azo groups is 2. The monoisotopic (exact) mass is 804 g/mol. The fraction of sp³-hybridized carbons (Fsp3) is 0. The van der Waals surface area contributed by atoms with E-state index in [1.165, 1.54) is 47.0 Å². The quantitative estimate of drug-likeness (QED) is 0.129. The van der Waals surface area contributed by atoms with Crippen molar-refractivity contribution in [3.05, 3.63) is 146 Å². The predicted octanol–water partition coefficient (Wildman–Crippen LogP) is 14.6. The summed E-state index contributed by atoms with van der Waals surface area (Å²) in [6.45, 7) is 0. The molecule has 8 nitrogen and oxygen atoms in total. The number of phenolic OH excluding ortho intramolecular Hbond substituents is 4. The maximum atomic E-state index is 11.6. The molecule has 8 aromatic rings. The molecule has 0 fully saturated rings. The van der Waals surface area contributed by atoms with Crippen LogP contribution in [0.25, 0.3) is 21.5 Å². The summed E-state index contributed by atoms with van der Waals surface area (Å²) in [7, 11) is 0. The molecule has 0 atom stereocenters. The van der Waals surface area contributed by atoms with Crippen molar-refractivity contribution in [2.45, 2.75) is 39.2 Å². The highest BCUT2D eigenvalue weighted by molar-refractivity contribution is 8.01. The van der Waals surface area contributed by atoms with Gasteiger partial charge in [-0.3, -0.25) is 0 Å². The number of benzene rings is 8. The fourth-order valence-electron chi connectivity index (χ4n) is 6.08. The lowest BCUT2D eigenvalue weighted by molar-refractivity contribution is 0.444. The van der Waals surface area contributed by atoms with E-state index in [9.17, 15) is 20.4 Å². The Labute approximate surface area is 338 Å². The number of hydrogen-bond donors (Lipinski definition) is 4. The Balaban J connectivity index is 1.13. The van der Waals surface area contributed by atoms with Crippen LogP contribution in [0.4, 0.5) is 22.7 Å². The van der Waals surface area contributed by atoms with E-state index in [1.807, 2.05) is 97.1 Å². The van der Waals surface area contributed by atoms with E-state index < -0.39 is 0 Å². The third-order valence-corrected chi connectivity index (χ3v) is 13.2. The first-order chi connectivity index (χ1) is 27.3. The normalized spacial score (nSPS) is 12.9. The fourth-order valence-corrected chi connectivity index (χ4v) is 10.2. The van der Waals surface area contributed by atoms with Gasteiger partial charge in [-0.25, -0.2) is 0 Å². The van der Waals surface area contributed by atoms with Crippen LogP contribution >= 0.6 is 47.0 Å². The molecule has 56 heavy (non-hydrogen) atoms. The molecule has 272 valence electrons. The van der Waals surface area contributed by atoms with Crippen LogP contribution in [-0.4, -0.2) is 20.4 Å². The van der Waals surface area contributed by atoms with Crippen molar-refractivity contribution in [3.8, 4) is 23.0 Å². The Kier molecular flexibility index (Phi) is 9.78. The Morgan fingerprint density at radius 1 is 0.268 bits per heavy atom. The van der Waals surface area contributed by atoms with E-state index in [2.05, 4.69) is 20.5 Å². The van der Waals surface area contributed by atoms with Crippen molar-refractivity contribution in [3.63, 3.8) is 0 Å². The Bertz CT molecular complexity index is 2610. The molecule has 0 unspecified atom stereocenters. The largest absolute Gasteiger partial charge is 0.506 e. The summed E-state index contributed by atoms with van der Waals surface area (Å²) in [6, 6.07) is 45.2. The molecule has 0 aromatic heterocycles. The molecule has 0 spiro atoms. The molecular weight excluding hydrogens is 777 g/mol. The average molecular weight is 805 g/mol. The number of hydrogen-bond acceptors (Lipinski definition) is 12. The SMILES string of the molecule is Oc1c2cccc1Sc1cc(N=Nc3ccc4ccccc4c3)cc(c1O)Sc1cccc(c1O)Sc1cc(N=Nc3ccc4ccccc4c3)cc(c1O)S2. The van der Waals surface area contributed by atoms with Crippen LogP contribution in [0, 0.1) is 0 Å². The van der Waals surface area contributed by atoms with E-state index in [4.69, 9.17) is 0 Å². The zero-order valence-electron chi connectivity index (χ0n) is 29.1. The van der Waals surface area contributed by atoms with E-state index in [1.54, 1.807) is 48.5 Å². The molecule has 0 saturated heterocycles. The van der Waals surface area contributed by atoms with Crippen LogP contribution in [0.5, 0.6) is 23.0 Å². The highest BCUT2D eigenvalue weighted by atomic mass is 32.2. The van der Waals surface area contributed by atoms with Gasteiger partial charge >= 0.3 is 0 Å². The highest BCUT2D eigenvalue weighted by Crippen LogP contribution is 2.54. The van der Waals surface area contributed by atoms with E-state index in [0.717, 1.165) is 21.5 Å². The number of aromatic hydroxyl groups is 4. The number of phenols is 4. The van der Waals surface area contributed by atoms with Crippen molar-refractivity contribution in [2.75, 3.05) is 0 Å². The topological polar surface area (TPSA) is 130 Å². The van der Waals surface area contributed by atoms with Gasteiger partial charge in [-0.1, -0.05) is 120 Å². The summed E-state index contributed by atoms with van der Waals surface area (Å²) in [6.07, 6.45) is 0. The Morgan fingerprint density at radius 2 is 0.571 bits per heavy atom. The summed E-state index contributed by atoms with van der Waals surface area (Å²) < 4.78 is 0. The average Bonchev–Trinajstić information content (AvgIpc) is 3.21. The summed E-state index contributed by atoms with van der Waals surface area (Å²) in [5.41, 5.74) is 2.29. The molecule has 8 aromatic carbocycles. The smallest absolute Gasteiger partial charge is 0.143 e. The molecule has 0 saturated carbocycles. The first kappa shape index (κ1) is 35.8. The van der Waals surface area contributed by atoms with Gasteiger partial charge in [0.2, 0.25) is 0 Å². The number of fused-ring (bicyclic) bond motifs is 10. The number of nitrogens with zero attached hydrogens (tertiary/aromatic N) is 4. The lowest BCUT2D eigenvalue weighted by Crippen LogP contribution is -1.87. The number of para-hydroxylation sites is 2. The van der Waals surface area contributed by atoms with Crippen LogP contribution in [0.15, 0.2) is 205 Å². The van der Waals surface area contributed by atoms with Crippen LogP contribution in [0.3, 0.4) is 0 Å². The van der Waals surface area contributed by atoms with E-state index in [-0.39, 0.29) is 23.0 Å². The molecule has 0 amide bonds. The Morgan fingerprint density at radius 3 is 0.929 bits per heavy atom. The van der Waals surface area contributed by atoms with Gasteiger partial charge in [0, 0.05) is 0 Å². The van der Waals surface area contributed by atoms with Gasteiger partial charge in [-0.2, -0.15) is 20.5 Å². The third-order valence-electron chi connectivity index (χ3n) is 8.88. The standard InChI is InChI=1S/C44H28N4O4S4/c49-41-33-11-5-13-35(41)55-39-23-32(48-46-30-18-16-26-8-2-4-10-28(26)20-30)24-40(44(39)52)56-36-14-6-12-34(42(36)50)54-38-22-31(21-37(53-33)43(38)51)47-45-29-17-15-25-7-1-3-9-27(25)19-29/h1-24,49-52H. The third kappa shape index (κ3) is 7.39. The molecule has 1 aliphatic heterocycles. The molecular formula is C44H28N4O4S4. The van der Waals surface area contributed by atoms with Gasteiger partial charge in [-0.15, -0.1) is 0 Å². The molecule has 8 bridgehead atoms. The van der Waals surface area contributed by atoms with Gasteiger partial charge in [-0.05, 0) is 94.3 Å².